The monoisotopic (exact) mass is 274 g/mol. The van der Waals surface area contributed by atoms with E-state index in [-0.39, 0.29) is 12.3 Å². The molecule has 1 atom stereocenters. The van der Waals surface area contributed by atoms with Crippen molar-refractivity contribution in [3.05, 3.63) is 23.9 Å². The van der Waals surface area contributed by atoms with Gasteiger partial charge in [0, 0.05) is 18.1 Å². The van der Waals surface area contributed by atoms with Gasteiger partial charge in [-0.1, -0.05) is 0 Å². The number of aromatic nitrogens is 2. The van der Waals surface area contributed by atoms with Crippen LogP contribution in [0.5, 0.6) is 5.75 Å². The Morgan fingerprint density at radius 3 is 2.90 bits per heavy atom. The molecule has 1 aliphatic heterocycles. The minimum atomic E-state index is 0.0656. The van der Waals surface area contributed by atoms with Crippen molar-refractivity contribution in [1.82, 2.24) is 9.78 Å². The highest BCUT2D eigenvalue weighted by Gasteiger charge is 2.19. The number of fused-ring (bicyclic) bond motifs is 1. The zero-order valence-electron chi connectivity index (χ0n) is 12.4. The predicted molar refractivity (Wildman–Crippen MR) is 79.1 cm³/mol. The topological polar surface area (TPSA) is 36.3 Å². The van der Waals surface area contributed by atoms with Gasteiger partial charge in [0.2, 0.25) is 0 Å². The Kier molecular flexibility index (Phi) is 3.66. The number of hydrogen-bond donors (Lipinski definition) is 0. The summed E-state index contributed by atoms with van der Waals surface area (Å²) in [6.45, 7) is 7.00. The minimum Gasteiger partial charge on any atom is -0.491 e. The quantitative estimate of drug-likeness (QED) is 0.853. The predicted octanol–water partition coefficient (Wildman–Crippen LogP) is 3.83. The minimum absolute atomic E-state index is 0.0656. The summed E-state index contributed by atoms with van der Waals surface area (Å²) in [6, 6.07) is 4.23. The van der Waals surface area contributed by atoms with Crippen LogP contribution in [-0.2, 0) is 4.74 Å². The molecule has 2 heterocycles. The van der Waals surface area contributed by atoms with Gasteiger partial charge in [-0.25, -0.2) is 4.68 Å². The second-order valence-corrected chi connectivity index (χ2v) is 5.75. The number of nitrogens with zero attached hydrogens (tertiary/aromatic N) is 2. The van der Waals surface area contributed by atoms with E-state index in [9.17, 15) is 0 Å². The summed E-state index contributed by atoms with van der Waals surface area (Å²) in [5.74, 6) is 0.935. The summed E-state index contributed by atoms with van der Waals surface area (Å²) < 4.78 is 13.7. The fraction of sp³-hybridized carbons (Fsp3) is 0.562. The van der Waals surface area contributed by atoms with Gasteiger partial charge >= 0.3 is 0 Å². The van der Waals surface area contributed by atoms with Gasteiger partial charge in [0.15, 0.2) is 6.23 Å². The van der Waals surface area contributed by atoms with E-state index in [1.807, 2.05) is 24.7 Å². The molecule has 0 spiro atoms. The molecule has 108 valence electrons. The fourth-order valence-corrected chi connectivity index (χ4v) is 2.72. The van der Waals surface area contributed by atoms with Crippen molar-refractivity contribution in [3.63, 3.8) is 0 Å². The van der Waals surface area contributed by atoms with E-state index in [2.05, 4.69) is 24.2 Å². The summed E-state index contributed by atoms with van der Waals surface area (Å²) in [7, 11) is 0. The van der Waals surface area contributed by atoms with Gasteiger partial charge in [-0.3, -0.25) is 0 Å². The molecule has 2 aromatic rings. The van der Waals surface area contributed by atoms with Gasteiger partial charge in [-0.2, -0.15) is 5.10 Å². The van der Waals surface area contributed by atoms with Crippen molar-refractivity contribution in [1.29, 1.82) is 0 Å². The van der Waals surface area contributed by atoms with E-state index in [4.69, 9.17) is 9.47 Å². The Morgan fingerprint density at radius 2 is 2.20 bits per heavy atom. The van der Waals surface area contributed by atoms with Crippen LogP contribution < -0.4 is 4.74 Å². The highest BCUT2D eigenvalue weighted by Crippen LogP contribution is 2.30. The van der Waals surface area contributed by atoms with Gasteiger partial charge in [-0.15, -0.1) is 0 Å². The van der Waals surface area contributed by atoms with Crippen LogP contribution in [0.25, 0.3) is 10.9 Å². The summed E-state index contributed by atoms with van der Waals surface area (Å²) in [5.41, 5.74) is 2.24. The zero-order valence-corrected chi connectivity index (χ0v) is 12.4. The Morgan fingerprint density at radius 1 is 1.35 bits per heavy atom. The summed E-state index contributed by atoms with van der Waals surface area (Å²) in [5, 5.41) is 5.66. The molecule has 4 nitrogen and oxygen atoms in total. The van der Waals surface area contributed by atoms with Crippen molar-refractivity contribution in [3.8, 4) is 5.75 Å². The molecule has 0 bridgehead atoms. The number of ether oxygens (including phenoxy) is 2. The molecule has 1 unspecified atom stereocenters. The maximum Gasteiger partial charge on any atom is 0.150 e. The molecule has 0 amide bonds. The van der Waals surface area contributed by atoms with Crippen LogP contribution in [0.4, 0.5) is 0 Å². The van der Waals surface area contributed by atoms with E-state index in [0.717, 1.165) is 41.7 Å². The lowest BCUT2D eigenvalue weighted by Crippen LogP contribution is -2.19. The number of rotatable bonds is 3. The average molecular weight is 274 g/mol. The van der Waals surface area contributed by atoms with E-state index in [1.54, 1.807) is 0 Å². The van der Waals surface area contributed by atoms with Crippen molar-refractivity contribution in [2.75, 3.05) is 6.61 Å². The van der Waals surface area contributed by atoms with Crippen LogP contribution in [0.1, 0.15) is 44.9 Å². The van der Waals surface area contributed by atoms with Crippen molar-refractivity contribution >= 4 is 10.9 Å². The molecule has 1 aromatic carbocycles. The molecule has 0 saturated carbocycles. The molecule has 0 aliphatic carbocycles. The van der Waals surface area contributed by atoms with Crippen LogP contribution in [0, 0.1) is 6.92 Å². The lowest BCUT2D eigenvalue weighted by atomic mass is 10.1. The van der Waals surface area contributed by atoms with E-state index in [0.29, 0.717) is 0 Å². The Hall–Kier alpha value is -1.55. The first-order valence-corrected chi connectivity index (χ1v) is 7.41. The standard InChI is InChI=1S/C16H22N2O2/c1-11(2)20-15-9-14-13(8-12(15)3)10-17-18(14)16-6-4-5-7-19-16/h8-11,16H,4-7H2,1-3H3. The molecule has 4 heteroatoms. The molecule has 1 aromatic heterocycles. The molecule has 0 N–H and O–H groups in total. The molecule has 1 aliphatic rings. The van der Waals surface area contributed by atoms with Crippen molar-refractivity contribution in [2.45, 2.75) is 52.4 Å². The SMILES string of the molecule is Cc1cc2cnn(C3CCCCO3)c2cc1OC(C)C. The van der Waals surface area contributed by atoms with Crippen LogP contribution in [-0.4, -0.2) is 22.5 Å². The smallest absolute Gasteiger partial charge is 0.150 e. The Labute approximate surface area is 119 Å². The third-order valence-corrected chi connectivity index (χ3v) is 3.68. The highest BCUT2D eigenvalue weighted by molar-refractivity contribution is 5.81. The van der Waals surface area contributed by atoms with Gasteiger partial charge in [0.25, 0.3) is 0 Å². The second-order valence-electron chi connectivity index (χ2n) is 5.75. The van der Waals surface area contributed by atoms with E-state index in [1.165, 1.54) is 6.42 Å². The Bertz CT molecular complexity index is 598. The summed E-state index contributed by atoms with van der Waals surface area (Å²) in [4.78, 5) is 0. The van der Waals surface area contributed by atoms with Crippen molar-refractivity contribution < 1.29 is 9.47 Å². The average Bonchev–Trinajstić information content (AvgIpc) is 2.82. The lowest BCUT2D eigenvalue weighted by molar-refractivity contribution is -0.0366. The van der Waals surface area contributed by atoms with Crippen molar-refractivity contribution in [2.24, 2.45) is 0 Å². The highest BCUT2D eigenvalue weighted by atomic mass is 16.5. The third kappa shape index (κ3) is 2.52. The normalized spacial score (nSPS) is 19.7. The second kappa shape index (κ2) is 5.44. The van der Waals surface area contributed by atoms with Crippen LogP contribution >= 0.6 is 0 Å². The molecule has 1 saturated heterocycles. The van der Waals surface area contributed by atoms with Gasteiger partial charge in [0.1, 0.15) is 5.75 Å². The van der Waals surface area contributed by atoms with Crippen LogP contribution in [0.2, 0.25) is 0 Å². The van der Waals surface area contributed by atoms with E-state index >= 15 is 0 Å². The lowest BCUT2D eigenvalue weighted by Gasteiger charge is -2.23. The Balaban J connectivity index is 2.01. The molecular weight excluding hydrogens is 252 g/mol. The van der Waals surface area contributed by atoms with Crippen LogP contribution in [0.3, 0.4) is 0 Å². The third-order valence-electron chi connectivity index (χ3n) is 3.68. The molecule has 3 rings (SSSR count). The fourth-order valence-electron chi connectivity index (χ4n) is 2.72. The molecule has 0 radical (unpaired) electrons. The number of hydrogen-bond acceptors (Lipinski definition) is 3. The van der Waals surface area contributed by atoms with Crippen LogP contribution in [0.15, 0.2) is 18.3 Å². The maximum absolute atomic E-state index is 5.88. The zero-order chi connectivity index (χ0) is 14.1. The summed E-state index contributed by atoms with van der Waals surface area (Å²) >= 11 is 0. The van der Waals surface area contributed by atoms with E-state index < -0.39 is 0 Å². The largest absolute Gasteiger partial charge is 0.491 e. The molecule has 20 heavy (non-hydrogen) atoms. The first-order valence-electron chi connectivity index (χ1n) is 7.41. The maximum atomic E-state index is 5.88. The first kappa shape index (κ1) is 13.4. The van der Waals surface area contributed by atoms with Gasteiger partial charge < -0.3 is 9.47 Å². The van der Waals surface area contributed by atoms with Gasteiger partial charge in [0.05, 0.1) is 17.8 Å². The molecular formula is C16H22N2O2. The number of benzene rings is 1. The van der Waals surface area contributed by atoms with Gasteiger partial charge in [-0.05, 0) is 51.7 Å². The first-order chi connectivity index (χ1) is 9.65. The molecule has 1 fully saturated rings. The number of aryl methyl sites for hydroxylation is 1. The summed E-state index contributed by atoms with van der Waals surface area (Å²) in [6.07, 6.45) is 5.54.